The number of halogens is 1. The summed E-state index contributed by atoms with van der Waals surface area (Å²) in [6.45, 7) is 2.42. The van der Waals surface area contributed by atoms with E-state index in [0.29, 0.717) is 24.5 Å². The summed E-state index contributed by atoms with van der Waals surface area (Å²) in [4.78, 5) is 25.2. The van der Waals surface area contributed by atoms with E-state index in [2.05, 4.69) is 5.32 Å². The first-order valence-electron chi connectivity index (χ1n) is 10.1. The number of nitrogens with zero attached hydrogens (tertiary/aromatic N) is 1. The van der Waals surface area contributed by atoms with Crippen LogP contribution in [0.4, 0.5) is 5.69 Å². The van der Waals surface area contributed by atoms with Gasteiger partial charge in [0.15, 0.2) is 6.61 Å². The third-order valence-corrected chi connectivity index (χ3v) is 8.70. The topological polar surface area (TPSA) is 102 Å². The molecule has 11 heteroatoms. The third-order valence-electron chi connectivity index (χ3n) is 5.15. The number of rotatable bonds is 6. The van der Waals surface area contributed by atoms with Gasteiger partial charge in [-0.1, -0.05) is 35.9 Å². The summed E-state index contributed by atoms with van der Waals surface area (Å²) < 4.78 is 38.3. The molecule has 4 rings (SSSR count). The minimum Gasteiger partial charge on any atom is -0.451 e. The van der Waals surface area contributed by atoms with Crippen molar-refractivity contribution in [3.63, 3.8) is 0 Å². The molecule has 0 saturated carbocycles. The summed E-state index contributed by atoms with van der Waals surface area (Å²) in [5.41, 5.74) is 0.994. The molecule has 0 bridgehead atoms. The molecule has 0 radical (unpaired) electrons. The van der Waals surface area contributed by atoms with Crippen LogP contribution in [0.3, 0.4) is 0 Å². The smallest absolute Gasteiger partial charge is 0.350 e. The Bertz CT molecular complexity index is 1320. The number of aryl methyl sites for hydroxylation is 1. The highest BCUT2D eigenvalue weighted by atomic mass is 35.5. The number of fused-ring (bicyclic) bond motifs is 1. The van der Waals surface area contributed by atoms with Crippen LogP contribution in [0.2, 0.25) is 5.02 Å². The van der Waals surface area contributed by atoms with Crippen molar-refractivity contribution in [2.45, 2.75) is 11.8 Å². The number of benzene rings is 2. The van der Waals surface area contributed by atoms with E-state index in [1.165, 1.54) is 27.8 Å². The van der Waals surface area contributed by atoms with Crippen molar-refractivity contribution < 1.29 is 27.5 Å². The average molecular weight is 509 g/mol. The Kier molecular flexibility index (Phi) is 7.01. The molecule has 1 amide bonds. The van der Waals surface area contributed by atoms with E-state index in [4.69, 9.17) is 21.1 Å². The lowest BCUT2D eigenvalue weighted by atomic mass is 10.2. The van der Waals surface area contributed by atoms with Crippen molar-refractivity contribution in [1.82, 2.24) is 4.31 Å². The Morgan fingerprint density at radius 3 is 2.64 bits per heavy atom. The fourth-order valence-corrected chi connectivity index (χ4v) is 6.20. The van der Waals surface area contributed by atoms with Crippen molar-refractivity contribution >= 4 is 60.6 Å². The number of amides is 1. The number of ether oxygens (including phenoxy) is 2. The summed E-state index contributed by atoms with van der Waals surface area (Å²) in [5, 5.41) is 3.65. The van der Waals surface area contributed by atoms with Crippen LogP contribution in [-0.2, 0) is 24.3 Å². The Labute approximate surface area is 200 Å². The molecule has 0 atom stereocenters. The molecule has 0 spiro atoms. The SMILES string of the molecule is Cc1ccc(S(=O)(=O)N2CCOCC2)cc1NC(=O)COC(=O)c1sc2ccccc2c1Cl. The molecule has 1 aromatic heterocycles. The Morgan fingerprint density at radius 1 is 1.18 bits per heavy atom. The highest BCUT2D eigenvalue weighted by Crippen LogP contribution is 2.35. The van der Waals surface area contributed by atoms with Crippen LogP contribution in [0, 0.1) is 6.92 Å². The number of sulfonamides is 1. The number of anilines is 1. The summed E-state index contributed by atoms with van der Waals surface area (Å²) in [6, 6.07) is 11.8. The molecule has 174 valence electrons. The fourth-order valence-electron chi connectivity index (χ4n) is 3.36. The van der Waals surface area contributed by atoms with E-state index in [0.717, 1.165) is 10.1 Å². The van der Waals surface area contributed by atoms with Crippen molar-refractivity contribution in [2.24, 2.45) is 0 Å². The van der Waals surface area contributed by atoms with E-state index in [1.807, 2.05) is 18.2 Å². The van der Waals surface area contributed by atoms with Gasteiger partial charge in [-0.05, 0) is 30.7 Å². The maximum absolute atomic E-state index is 12.9. The molecular formula is C22H21ClN2O6S2. The Hall–Kier alpha value is -2.50. The Morgan fingerprint density at radius 2 is 1.91 bits per heavy atom. The standard InChI is InChI=1S/C22H21ClN2O6S2/c1-14-6-7-15(33(28,29)25-8-10-30-11-9-25)12-17(14)24-19(26)13-31-22(27)21-20(23)16-4-2-3-5-18(16)32-21/h2-7,12H,8-11,13H2,1H3,(H,24,26). The van der Waals surface area contributed by atoms with Gasteiger partial charge in [0.05, 0.1) is 23.1 Å². The van der Waals surface area contributed by atoms with Crippen molar-refractivity contribution in [3.05, 3.63) is 57.9 Å². The molecule has 1 fully saturated rings. The van der Waals surface area contributed by atoms with Crippen molar-refractivity contribution in [3.8, 4) is 0 Å². The number of carbonyl (C=O) groups excluding carboxylic acids is 2. The van der Waals surface area contributed by atoms with Gasteiger partial charge in [0.1, 0.15) is 4.88 Å². The van der Waals surface area contributed by atoms with E-state index in [-0.39, 0.29) is 27.9 Å². The van der Waals surface area contributed by atoms with E-state index < -0.39 is 28.5 Å². The largest absolute Gasteiger partial charge is 0.451 e. The monoisotopic (exact) mass is 508 g/mol. The van der Waals surface area contributed by atoms with Crippen LogP contribution < -0.4 is 5.32 Å². The second-order valence-electron chi connectivity index (χ2n) is 7.36. The first-order valence-corrected chi connectivity index (χ1v) is 12.7. The molecule has 2 aromatic carbocycles. The van der Waals surface area contributed by atoms with Gasteiger partial charge in [-0.2, -0.15) is 4.31 Å². The highest BCUT2D eigenvalue weighted by molar-refractivity contribution is 7.89. The number of esters is 1. The molecule has 3 aromatic rings. The molecule has 2 heterocycles. The predicted octanol–water partition coefficient (Wildman–Crippen LogP) is 3.68. The van der Waals surface area contributed by atoms with E-state index in [9.17, 15) is 18.0 Å². The van der Waals surface area contributed by atoms with Gasteiger partial charge < -0.3 is 14.8 Å². The van der Waals surface area contributed by atoms with E-state index >= 15 is 0 Å². The van der Waals surface area contributed by atoms with Gasteiger partial charge >= 0.3 is 5.97 Å². The number of carbonyl (C=O) groups is 2. The summed E-state index contributed by atoms with van der Waals surface area (Å²) in [6.07, 6.45) is 0. The van der Waals surface area contributed by atoms with Crippen LogP contribution >= 0.6 is 22.9 Å². The lowest BCUT2D eigenvalue weighted by Crippen LogP contribution is -2.40. The maximum atomic E-state index is 12.9. The lowest BCUT2D eigenvalue weighted by molar-refractivity contribution is -0.119. The quantitative estimate of drug-likeness (QED) is 0.510. The number of nitrogens with one attached hydrogen (secondary N) is 1. The first-order chi connectivity index (χ1) is 15.8. The molecule has 1 aliphatic heterocycles. The van der Waals surface area contributed by atoms with Crippen LogP contribution in [0.15, 0.2) is 47.4 Å². The van der Waals surface area contributed by atoms with Gasteiger partial charge in [0, 0.05) is 28.9 Å². The molecule has 1 aliphatic rings. The molecular weight excluding hydrogens is 488 g/mol. The zero-order valence-corrected chi connectivity index (χ0v) is 20.1. The number of thiophene rings is 1. The van der Waals surface area contributed by atoms with Crippen molar-refractivity contribution in [1.29, 1.82) is 0 Å². The number of hydrogen-bond donors (Lipinski definition) is 1. The maximum Gasteiger partial charge on any atom is 0.350 e. The van der Waals surface area contributed by atoms with Crippen molar-refractivity contribution in [2.75, 3.05) is 38.2 Å². The normalized spacial score (nSPS) is 14.8. The minimum atomic E-state index is -3.71. The first kappa shape index (κ1) is 23.7. The molecule has 33 heavy (non-hydrogen) atoms. The third kappa shape index (κ3) is 5.04. The van der Waals surface area contributed by atoms with Gasteiger partial charge in [0.2, 0.25) is 10.0 Å². The van der Waals surface area contributed by atoms with Crippen LogP contribution in [0.1, 0.15) is 15.2 Å². The highest BCUT2D eigenvalue weighted by Gasteiger charge is 2.27. The van der Waals surface area contributed by atoms with Crippen LogP contribution in [0.25, 0.3) is 10.1 Å². The number of hydrogen-bond acceptors (Lipinski definition) is 7. The zero-order chi connectivity index (χ0) is 23.6. The molecule has 1 N–H and O–H groups in total. The van der Waals surface area contributed by atoms with Gasteiger partial charge in [-0.15, -0.1) is 11.3 Å². The van der Waals surface area contributed by atoms with Crippen LogP contribution in [-0.4, -0.2) is 57.5 Å². The molecule has 0 aliphatic carbocycles. The van der Waals surface area contributed by atoms with Gasteiger partial charge in [-0.3, -0.25) is 4.79 Å². The van der Waals surface area contributed by atoms with Gasteiger partial charge in [0.25, 0.3) is 5.91 Å². The summed E-state index contributed by atoms with van der Waals surface area (Å²) in [7, 11) is -3.71. The second-order valence-corrected chi connectivity index (χ2v) is 10.7. The summed E-state index contributed by atoms with van der Waals surface area (Å²) >= 11 is 7.47. The summed E-state index contributed by atoms with van der Waals surface area (Å²) in [5.74, 6) is -1.29. The molecule has 0 unspecified atom stereocenters. The molecule has 1 saturated heterocycles. The minimum absolute atomic E-state index is 0.0688. The average Bonchev–Trinajstić information content (AvgIpc) is 3.16. The molecule has 8 nitrogen and oxygen atoms in total. The fraction of sp³-hybridized carbons (Fsp3) is 0.273. The van der Waals surface area contributed by atoms with Gasteiger partial charge in [-0.25, -0.2) is 13.2 Å². The number of morpholine rings is 1. The Balaban J connectivity index is 1.43. The predicted molar refractivity (Wildman–Crippen MR) is 127 cm³/mol. The zero-order valence-electron chi connectivity index (χ0n) is 17.7. The lowest BCUT2D eigenvalue weighted by Gasteiger charge is -2.26. The second kappa shape index (κ2) is 9.78. The van der Waals surface area contributed by atoms with E-state index in [1.54, 1.807) is 19.1 Å². The van der Waals surface area contributed by atoms with Crippen LogP contribution in [0.5, 0.6) is 0 Å².